The third kappa shape index (κ3) is 7.28. The predicted octanol–water partition coefficient (Wildman–Crippen LogP) is 5.44. The fourth-order valence-corrected chi connectivity index (χ4v) is 20.7. The number of benzene rings is 1. The van der Waals surface area contributed by atoms with Gasteiger partial charge in [-0.15, -0.1) is 0 Å². The molecule has 2 aromatic rings. The number of aliphatic hydroxyl groups is 2. The summed E-state index contributed by atoms with van der Waals surface area (Å²) in [6.45, 7) is 3.99. The number of aromatic nitrogens is 2. The molecule has 1 aromatic carbocycles. The summed E-state index contributed by atoms with van der Waals surface area (Å²) in [6, 6.07) is 5.13. The molecule has 0 saturated carbocycles. The topological polar surface area (TPSA) is 67.5 Å². The Bertz CT molecular complexity index is 794. The van der Waals surface area contributed by atoms with Crippen LogP contribution in [0, 0.1) is 0 Å². The number of alkyl halides is 2. The van der Waals surface area contributed by atoms with E-state index < -0.39 is 31.1 Å². The molecule has 182 valence electrons. The van der Waals surface area contributed by atoms with Crippen molar-refractivity contribution in [3.8, 4) is 5.75 Å². The molecule has 0 aliphatic carbocycles. The van der Waals surface area contributed by atoms with Gasteiger partial charge in [-0.3, -0.25) is 0 Å². The Labute approximate surface area is 195 Å². The SMILES string of the molecule is CCC[CH2][Sn]([CH2]CCC)([CH2]CCC)[c]1nn(CCC(O)CO)c2ccc(OC(F)F)cc12. The van der Waals surface area contributed by atoms with Crippen LogP contribution in [-0.4, -0.2) is 57.7 Å². The third-order valence-electron chi connectivity index (χ3n) is 6.36. The molecule has 1 atom stereocenters. The summed E-state index contributed by atoms with van der Waals surface area (Å²) in [5.74, 6) is 0.172. The fraction of sp³-hybridized carbons (Fsp3) is 0.708. The summed E-state index contributed by atoms with van der Waals surface area (Å²) in [5.41, 5.74) is 0.900. The Balaban J connectivity index is 2.63. The monoisotopic (exact) mass is 562 g/mol. The number of hydrogen-bond donors (Lipinski definition) is 2. The van der Waals surface area contributed by atoms with E-state index in [0.29, 0.717) is 13.0 Å². The molecule has 0 saturated heterocycles. The second-order valence-electron chi connectivity index (χ2n) is 8.85. The minimum atomic E-state index is -2.95. The van der Waals surface area contributed by atoms with Crippen LogP contribution < -0.4 is 8.45 Å². The molecule has 0 spiro atoms. The van der Waals surface area contributed by atoms with Gasteiger partial charge in [0, 0.05) is 0 Å². The van der Waals surface area contributed by atoms with E-state index in [1.165, 1.54) is 36.3 Å². The normalized spacial score (nSPS) is 13.2. The zero-order valence-corrected chi connectivity index (χ0v) is 22.7. The Morgan fingerprint density at radius 3 is 2.12 bits per heavy atom. The first-order valence-corrected chi connectivity index (χ1v) is 19.6. The summed E-state index contributed by atoms with van der Waals surface area (Å²) in [4.78, 5) is 0. The Morgan fingerprint density at radius 2 is 1.62 bits per heavy atom. The summed E-state index contributed by atoms with van der Waals surface area (Å²) >= 11 is -2.95. The van der Waals surface area contributed by atoms with Gasteiger partial charge in [0.1, 0.15) is 0 Å². The van der Waals surface area contributed by atoms with Crippen LogP contribution in [0.3, 0.4) is 0 Å². The van der Waals surface area contributed by atoms with Crippen molar-refractivity contribution in [2.24, 2.45) is 0 Å². The van der Waals surface area contributed by atoms with E-state index in [1.807, 2.05) is 10.7 Å². The van der Waals surface area contributed by atoms with E-state index >= 15 is 0 Å². The molecule has 8 heteroatoms. The van der Waals surface area contributed by atoms with Crippen LogP contribution in [0.2, 0.25) is 13.3 Å². The van der Waals surface area contributed by atoms with Gasteiger partial charge in [0.25, 0.3) is 0 Å². The van der Waals surface area contributed by atoms with Crippen LogP contribution in [0.4, 0.5) is 8.78 Å². The van der Waals surface area contributed by atoms with Gasteiger partial charge in [-0.05, 0) is 0 Å². The summed E-state index contributed by atoms with van der Waals surface area (Å²) < 4.78 is 37.3. The average Bonchev–Trinajstić information content (AvgIpc) is 3.15. The van der Waals surface area contributed by atoms with E-state index in [0.717, 1.165) is 30.2 Å². The Hall–Kier alpha value is -0.931. The molecule has 1 unspecified atom stereocenters. The van der Waals surface area contributed by atoms with Gasteiger partial charge in [-0.25, -0.2) is 0 Å². The van der Waals surface area contributed by atoms with Crippen molar-refractivity contribution in [3.63, 3.8) is 0 Å². The summed E-state index contributed by atoms with van der Waals surface area (Å²) in [5, 5.41) is 25.2. The van der Waals surface area contributed by atoms with Gasteiger partial charge >= 0.3 is 195 Å². The first-order valence-electron chi connectivity index (χ1n) is 12.2. The number of aryl methyl sites for hydroxylation is 1. The number of hydrogen-bond acceptors (Lipinski definition) is 4. The van der Waals surface area contributed by atoms with Crippen molar-refractivity contribution in [2.45, 2.75) is 98.3 Å². The average molecular weight is 561 g/mol. The number of halogens is 2. The van der Waals surface area contributed by atoms with E-state index in [2.05, 4.69) is 20.8 Å². The summed E-state index contributed by atoms with van der Waals surface area (Å²) in [7, 11) is 0. The number of nitrogens with zero attached hydrogens (tertiary/aromatic N) is 2. The second kappa shape index (κ2) is 13.7. The Kier molecular flexibility index (Phi) is 11.7. The van der Waals surface area contributed by atoms with Crippen LogP contribution in [0.15, 0.2) is 18.2 Å². The van der Waals surface area contributed by atoms with Gasteiger partial charge in [0.15, 0.2) is 0 Å². The number of ether oxygens (including phenoxy) is 1. The number of fused-ring (bicyclic) bond motifs is 1. The molecule has 2 N–H and O–H groups in total. The van der Waals surface area contributed by atoms with Crippen LogP contribution in [0.5, 0.6) is 5.75 Å². The predicted molar refractivity (Wildman–Crippen MR) is 129 cm³/mol. The van der Waals surface area contributed by atoms with Gasteiger partial charge in [-0.2, -0.15) is 0 Å². The van der Waals surface area contributed by atoms with Crippen molar-refractivity contribution in [3.05, 3.63) is 18.2 Å². The maximum atomic E-state index is 12.9. The standard InChI is InChI=1S/C12H13F2N2O3.3C4H9.Sn/c13-12(14)19-10-1-2-11-8(5-10)6-15-16(11)4-3-9(18)7-17;3*1-3-4-2;/h1-2,5,9,12,17-18H,3-4,7H2;3*1,3-4H2,2H3;. The van der Waals surface area contributed by atoms with E-state index in [9.17, 15) is 19.0 Å². The quantitative estimate of drug-likeness (QED) is 0.268. The zero-order valence-electron chi connectivity index (χ0n) is 19.8. The first-order chi connectivity index (χ1) is 15.4. The number of rotatable bonds is 16. The van der Waals surface area contributed by atoms with Crippen molar-refractivity contribution >= 4 is 33.0 Å². The number of aliphatic hydroxyl groups excluding tert-OH is 2. The third-order valence-corrected chi connectivity index (χ3v) is 21.5. The molecule has 0 aliphatic heterocycles. The first kappa shape index (κ1) is 27.3. The molecule has 0 aliphatic rings. The van der Waals surface area contributed by atoms with Crippen molar-refractivity contribution in [1.82, 2.24) is 9.78 Å². The molecule has 2 rings (SSSR count). The van der Waals surface area contributed by atoms with E-state index in [-0.39, 0.29) is 12.4 Å². The molecule has 0 fully saturated rings. The van der Waals surface area contributed by atoms with Gasteiger partial charge in [-0.1, -0.05) is 0 Å². The molecule has 0 bridgehead atoms. The molecule has 0 radical (unpaired) electrons. The molecule has 0 amide bonds. The second-order valence-corrected chi connectivity index (χ2v) is 21.8. The fourth-order valence-electron chi connectivity index (χ4n) is 4.54. The van der Waals surface area contributed by atoms with Gasteiger partial charge < -0.3 is 0 Å². The van der Waals surface area contributed by atoms with Crippen LogP contribution in [0.25, 0.3) is 10.9 Å². The van der Waals surface area contributed by atoms with Crippen molar-refractivity contribution < 1.29 is 23.7 Å². The van der Waals surface area contributed by atoms with Gasteiger partial charge in [0.2, 0.25) is 0 Å². The van der Waals surface area contributed by atoms with E-state index in [4.69, 9.17) is 9.84 Å². The Morgan fingerprint density at radius 1 is 1.03 bits per heavy atom. The van der Waals surface area contributed by atoms with Gasteiger partial charge in [0.05, 0.1) is 0 Å². The minimum absolute atomic E-state index is 0.172. The van der Waals surface area contributed by atoms with Crippen LogP contribution in [0.1, 0.15) is 65.7 Å². The maximum absolute atomic E-state index is 12.9. The van der Waals surface area contributed by atoms with Crippen molar-refractivity contribution in [2.75, 3.05) is 6.61 Å². The van der Waals surface area contributed by atoms with Crippen LogP contribution >= 0.6 is 0 Å². The molecular weight excluding hydrogens is 521 g/mol. The van der Waals surface area contributed by atoms with Crippen molar-refractivity contribution in [1.29, 1.82) is 0 Å². The zero-order chi connectivity index (χ0) is 23.6. The molecule has 1 heterocycles. The molecule has 5 nitrogen and oxygen atoms in total. The number of unbranched alkanes of at least 4 members (excludes halogenated alkanes) is 3. The summed E-state index contributed by atoms with van der Waals surface area (Å²) in [6.07, 6.45) is 6.53. The molecule has 32 heavy (non-hydrogen) atoms. The van der Waals surface area contributed by atoms with E-state index in [1.54, 1.807) is 12.1 Å². The molecular formula is C24H40F2N2O3Sn. The molecule has 1 aromatic heterocycles. The van der Waals surface area contributed by atoms with Crippen LogP contribution in [-0.2, 0) is 6.54 Å².